The van der Waals surface area contributed by atoms with Gasteiger partial charge in [0.05, 0.1) is 7.11 Å². The smallest absolute Gasteiger partial charge is 0.119 e. The van der Waals surface area contributed by atoms with E-state index in [1.165, 1.54) is 36.9 Å². The van der Waals surface area contributed by atoms with Crippen molar-refractivity contribution in [3.63, 3.8) is 0 Å². The minimum atomic E-state index is 0.517. The third-order valence-corrected chi connectivity index (χ3v) is 5.38. The Morgan fingerprint density at radius 1 is 0.920 bits per heavy atom. The van der Waals surface area contributed by atoms with E-state index in [0.29, 0.717) is 12.1 Å². The zero-order valence-electron chi connectivity index (χ0n) is 15.6. The fourth-order valence-corrected chi connectivity index (χ4v) is 4.14. The van der Waals surface area contributed by atoms with Crippen LogP contribution in [0.2, 0.25) is 0 Å². The second kappa shape index (κ2) is 8.39. The fraction of sp³-hybridized carbons (Fsp3) is 0.455. The Balaban J connectivity index is 1.58. The van der Waals surface area contributed by atoms with Crippen molar-refractivity contribution in [2.45, 2.75) is 37.8 Å². The van der Waals surface area contributed by atoms with Gasteiger partial charge in [0.2, 0.25) is 0 Å². The molecule has 3 heteroatoms. The summed E-state index contributed by atoms with van der Waals surface area (Å²) in [5.74, 6) is 1.64. The van der Waals surface area contributed by atoms with Gasteiger partial charge in [0.1, 0.15) is 5.75 Å². The van der Waals surface area contributed by atoms with Crippen molar-refractivity contribution in [1.82, 2.24) is 4.90 Å². The van der Waals surface area contributed by atoms with E-state index < -0.39 is 0 Å². The minimum Gasteiger partial charge on any atom is -0.497 e. The maximum absolute atomic E-state index is 5.23. The van der Waals surface area contributed by atoms with Gasteiger partial charge in [-0.25, -0.2) is 0 Å². The van der Waals surface area contributed by atoms with Gasteiger partial charge in [-0.2, -0.15) is 0 Å². The summed E-state index contributed by atoms with van der Waals surface area (Å²) in [4.78, 5) is 2.39. The first kappa shape index (κ1) is 17.8. The van der Waals surface area contributed by atoms with E-state index in [1.54, 1.807) is 7.11 Å². The number of nitrogens with zero attached hydrogens (tertiary/aromatic N) is 1. The molecule has 1 aliphatic carbocycles. The second-order valence-corrected chi connectivity index (χ2v) is 7.30. The molecule has 3 nitrogen and oxygen atoms in total. The zero-order chi connectivity index (χ0) is 17.6. The largest absolute Gasteiger partial charge is 0.497 e. The van der Waals surface area contributed by atoms with Crippen LogP contribution in [0.4, 0.5) is 5.69 Å². The van der Waals surface area contributed by atoms with Crippen molar-refractivity contribution in [2.75, 3.05) is 26.5 Å². The van der Waals surface area contributed by atoms with Crippen molar-refractivity contribution in [2.24, 2.45) is 5.92 Å². The van der Waals surface area contributed by atoms with Crippen LogP contribution in [0.25, 0.3) is 0 Å². The van der Waals surface area contributed by atoms with Crippen LogP contribution in [0.1, 0.15) is 37.3 Å². The van der Waals surface area contributed by atoms with Crippen LogP contribution in [0.3, 0.4) is 0 Å². The standard InChI is InChI=1S/C22H30N2O/c1-24(2)22(17-7-5-4-6-8-17)18-9-11-19(12-10-18)23-20-13-15-21(25-3)16-14-20/h4-8,13-16,18-19,22-23H,9-12H2,1-3H3. The molecule has 1 atom stereocenters. The molecule has 2 aromatic carbocycles. The van der Waals surface area contributed by atoms with E-state index in [-0.39, 0.29) is 0 Å². The molecule has 25 heavy (non-hydrogen) atoms. The first-order chi connectivity index (χ1) is 12.2. The number of nitrogens with one attached hydrogen (secondary N) is 1. The van der Waals surface area contributed by atoms with E-state index in [0.717, 1.165) is 11.7 Å². The molecule has 0 bridgehead atoms. The van der Waals surface area contributed by atoms with Gasteiger partial charge in [-0.15, -0.1) is 0 Å². The molecule has 1 fully saturated rings. The van der Waals surface area contributed by atoms with Crippen LogP contribution < -0.4 is 10.1 Å². The van der Waals surface area contributed by atoms with Crippen LogP contribution >= 0.6 is 0 Å². The molecule has 1 N–H and O–H groups in total. The van der Waals surface area contributed by atoms with Gasteiger partial charge >= 0.3 is 0 Å². The lowest BCUT2D eigenvalue weighted by atomic mass is 9.78. The van der Waals surface area contributed by atoms with Gasteiger partial charge in [0.15, 0.2) is 0 Å². The van der Waals surface area contributed by atoms with Gasteiger partial charge in [-0.3, -0.25) is 0 Å². The molecule has 134 valence electrons. The molecule has 3 rings (SSSR count). The second-order valence-electron chi connectivity index (χ2n) is 7.30. The summed E-state index contributed by atoms with van der Waals surface area (Å²) >= 11 is 0. The van der Waals surface area contributed by atoms with Crippen molar-refractivity contribution in [3.05, 3.63) is 60.2 Å². The van der Waals surface area contributed by atoms with Gasteiger partial charge in [-0.05, 0) is 75.5 Å². The van der Waals surface area contributed by atoms with Crippen LogP contribution in [-0.2, 0) is 0 Å². The molecular weight excluding hydrogens is 308 g/mol. The van der Waals surface area contributed by atoms with Crippen LogP contribution in [-0.4, -0.2) is 32.1 Å². The summed E-state index contributed by atoms with van der Waals surface area (Å²) in [6, 6.07) is 20.3. The highest BCUT2D eigenvalue weighted by Gasteiger charge is 2.29. The Labute approximate surface area is 152 Å². The molecule has 1 aliphatic rings. The number of anilines is 1. The van der Waals surface area contributed by atoms with Gasteiger partial charge in [0, 0.05) is 17.8 Å². The number of ether oxygens (including phenoxy) is 1. The highest BCUT2D eigenvalue weighted by atomic mass is 16.5. The topological polar surface area (TPSA) is 24.5 Å². The Morgan fingerprint density at radius 3 is 2.12 bits per heavy atom. The first-order valence-electron chi connectivity index (χ1n) is 9.29. The first-order valence-corrected chi connectivity index (χ1v) is 9.29. The van der Waals surface area contributed by atoms with Gasteiger partial charge in [-0.1, -0.05) is 30.3 Å². The average molecular weight is 338 g/mol. The van der Waals surface area contributed by atoms with E-state index in [2.05, 4.69) is 66.8 Å². The number of hydrogen-bond donors (Lipinski definition) is 1. The number of hydrogen-bond acceptors (Lipinski definition) is 3. The monoisotopic (exact) mass is 338 g/mol. The molecule has 0 amide bonds. The fourth-order valence-electron chi connectivity index (χ4n) is 4.14. The summed E-state index contributed by atoms with van der Waals surface area (Å²) in [6.45, 7) is 0. The lowest BCUT2D eigenvalue weighted by Gasteiger charge is -2.38. The maximum atomic E-state index is 5.23. The average Bonchev–Trinajstić information content (AvgIpc) is 2.65. The molecule has 1 unspecified atom stereocenters. The van der Waals surface area contributed by atoms with E-state index in [9.17, 15) is 0 Å². The van der Waals surface area contributed by atoms with E-state index in [1.807, 2.05) is 12.1 Å². The Morgan fingerprint density at radius 2 is 1.56 bits per heavy atom. The summed E-state index contributed by atoms with van der Waals surface area (Å²) in [6.07, 6.45) is 5.00. The normalized spacial score (nSPS) is 21.8. The molecule has 2 aromatic rings. The zero-order valence-corrected chi connectivity index (χ0v) is 15.6. The van der Waals surface area contributed by atoms with Gasteiger partial charge < -0.3 is 15.0 Å². The molecule has 0 spiro atoms. The summed E-state index contributed by atoms with van der Waals surface area (Å²) in [5, 5.41) is 3.69. The van der Waals surface area contributed by atoms with Crippen molar-refractivity contribution < 1.29 is 4.74 Å². The van der Waals surface area contributed by atoms with E-state index >= 15 is 0 Å². The lowest BCUT2D eigenvalue weighted by Crippen LogP contribution is -2.33. The summed E-state index contributed by atoms with van der Waals surface area (Å²) in [7, 11) is 6.12. The molecule has 0 heterocycles. The number of benzene rings is 2. The van der Waals surface area contributed by atoms with E-state index in [4.69, 9.17) is 4.74 Å². The highest BCUT2D eigenvalue weighted by molar-refractivity contribution is 5.47. The Bertz CT molecular complexity index is 631. The molecule has 0 aromatic heterocycles. The molecule has 0 radical (unpaired) electrons. The Hall–Kier alpha value is -2.00. The van der Waals surface area contributed by atoms with Gasteiger partial charge in [0.25, 0.3) is 0 Å². The van der Waals surface area contributed by atoms with Crippen molar-refractivity contribution in [1.29, 1.82) is 0 Å². The lowest BCUT2D eigenvalue weighted by molar-refractivity contribution is 0.167. The number of methoxy groups -OCH3 is 1. The number of rotatable bonds is 6. The molecular formula is C22H30N2O. The van der Waals surface area contributed by atoms with Crippen molar-refractivity contribution >= 4 is 5.69 Å². The molecule has 0 saturated heterocycles. The predicted molar refractivity (Wildman–Crippen MR) is 105 cm³/mol. The van der Waals surface area contributed by atoms with Crippen LogP contribution in [0.5, 0.6) is 5.75 Å². The van der Waals surface area contributed by atoms with Crippen molar-refractivity contribution in [3.8, 4) is 5.75 Å². The summed E-state index contributed by atoms with van der Waals surface area (Å²) < 4.78 is 5.23. The molecule has 1 saturated carbocycles. The quantitative estimate of drug-likeness (QED) is 0.805. The molecule has 0 aliphatic heterocycles. The highest BCUT2D eigenvalue weighted by Crippen LogP contribution is 2.38. The maximum Gasteiger partial charge on any atom is 0.119 e. The minimum absolute atomic E-state index is 0.517. The Kier molecular flexibility index (Phi) is 5.98. The summed E-state index contributed by atoms with van der Waals surface area (Å²) in [5.41, 5.74) is 2.63. The predicted octanol–water partition coefficient (Wildman–Crippen LogP) is 4.97. The van der Waals surface area contributed by atoms with Crippen LogP contribution in [0.15, 0.2) is 54.6 Å². The third kappa shape index (κ3) is 4.55. The third-order valence-electron chi connectivity index (χ3n) is 5.38. The van der Waals surface area contributed by atoms with Crippen LogP contribution in [0, 0.1) is 5.92 Å². The SMILES string of the molecule is COc1ccc(NC2CCC(C(c3ccccc3)N(C)C)CC2)cc1.